The lowest BCUT2D eigenvalue weighted by atomic mass is 10.1. The van der Waals surface area contributed by atoms with Crippen molar-refractivity contribution >= 4 is 6.34 Å². The SMILES string of the molecule is CCCCCCCCCCCC[N+]1(CCO)C=CN=C1. The molecule has 1 atom stereocenters. The van der Waals surface area contributed by atoms with Gasteiger partial charge in [0.15, 0.2) is 6.34 Å². The maximum atomic E-state index is 9.14. The van der Waals surface area contributed by atoms with Crippen LogP contribution in [0.25, 0.3) is 0 Å². The molecular weight excluding hydrogens is 248 g/mol. The van der Waals surface area contributed by atoms with Gasteiger partial charge < -0.3 is 5.11 Å². The lowest BCUT2D eigenvalue weighted by Crippen LogP contribution is -2.42. The zero-order valence-electron chi connectivity index (χ0n) is 13.3. The number of quaternary nitrogens is 1. The molecule has 20 heavy (non-hydrogen) atoms. The first-order valence-electron chi connectivity index (χ1n) is 8.52. The maximum absolute atomic E-state index is 9.14. The Labute approximate surface area is 125 Å². The molecule has 0 radical (unpaired) electrons. The minimum Gasteiger partial charge on any atom is -0.390 e. The molecule has 0 aromatic heterocycles. The van der Waals surface area contributed by atoms with Crippen LogP contribution in [0.1, 0.15) is 71.1 Å². The van der Waals surface area contributed by atoms with E-state index in [1.165, 1.54) is 64.2 Å². The quantitative estimate of drug-likeness (QED) is 0.398. The summed E-state index contributed by atoms with van der Waals surface area (Å²) >= 11 is 0. The minimum absolute atomic E-state index is 0.230. The highest BCUT2D eigenvalue weighted by atomic mass is 16.3. The third kappa shape index (κ3) is 7.20. The molecule has 1 N–H and O–H groups in total. The molecule has 0 fully saturated rings. The van der Waals surface area contributed by atoms with E-state index in [0.717, 1.165) is 17.6 Å². The van der Waals surface area contributed by atoms with Crippen molar-refractivity contribution in [3.63, 3.8) is 0 Å². The lowest BCUT2D eigenvalue weighted by Gasteiger charge is -2.26. The second-order valence-corrected chi connectivity index (χ2v) is 6.02. The van der Waals surface area contributed by atoms with Gasteiger partial charge in [0, 0.05) is 0 Å². The second-order valence-electron chi connectivity index (χ2n) is 6.02. The Morgan fingerprint density at radius 2 is 1.45 bits per heavy atom. The molecule has 1 heterocycles. The molecule has 0 aliphatic carbocycles. The Kier molecular flexibility index (Phi) is 9.60. The summed E-state index contributed by atoms with van der Waals surface area (Å²) in [7, 11) is 0. The normalized spacial score (nSPS) is 20.9. The second kappa shape index (κ2) is 11.0. The Bertz CT molecular complexity index is 275. The fraction of sp³-hybridized carbons (Fsp3) is 0.824. The molecule has 0 saturated heterocycles. The van der Waals surface area contributed by atoms with Gasteiger partial charge in [-0.2, -0.15) is 0 Å². The van der Waals surface area contributed by atoms with Crippen molar-refractivity contribution < 1.29 is 9.59 Å². The first kappa shape index (κ1) is 17.4. The van der Waals surface area contributed by atoms with E-state index in [4.69, 9.17) is 5.11 Å². The van der Waals surface area contributed by atoms with Crippen LogP contribution in [-0.2, 0) is 0 Å². The Hall–Kier alpha value is -0.670. The molecule has 0 spiro atoms. The largest absolute Gasteiger partial charge is 0.390 e. The van der Waals surface area contributed by atoms with Gasteiger partial charge in [-0.05, 0) is 12.8 Å². The van der Waals surface area contributed by atoms with Gasteiger partial charge in [-0.25, -0.2) is 4.99 Å². The average Bonchev–Trinajstić information content (AvgIpc) is 2.90. The van der Waals surface area contributed by atoms with Crippen LogP contribution in [0.15, 0.2) is 17.4 Å². The highest BCUT2D eigenvalue weighted by Crippen LogP contribution is 2.15. The van der Waals surface area contributed by atoms with Crippen LogP contribution in [0, 0.1) is 0 Å². The molecule has 0 aromatic carbocycles. The van der Waals surface area contributed by atoms with Crippen molar-refractivity contribution in [3.8, 4) is 0 Å². The van der Waals surface area contributed by atoms with Crippen LogP contribution in [0.5, 0.6) is 0 Å². The van der Waals surface area contributed by atoms with Crippen LogP contribution in [0.3, 0.4) is 0 Å². The van der Waals surface area contributed by atoms with Gasteiger partial charge in [0.1, 0.15) is 12.7 Å². The summed E-state index contributed by atoms with van der Waals surface area (Å²) in [5, 5.41) is 9.14. The Morgan fingerprint density at radius 1 is 0.850 bits per heavy atom. The molecule has 0 aromatic rings. The van der Waals surface area contributed by atoms with Gasteiger partial charge in [-0.1, -0.05) is 58.3 Å². The zero-order chi connectivity index (χ0) is 14.5. The maximum Gasteiger partial charge on any atom is 0.194 e. The predicted octanol–water partition coefficient (Wildman–Crippen LogP) is 4.23. The molecule has 116 valence electrons. The summed E-state index contributed by atoms with van der Waals surface area (Å²) < 4.78 is 0.744. The van der Waals surface area contributed by atoms with Crippen LogP contribution < -0.4 is 0 Å². The molecule has 3 nitrogen and oxygen atoms in total. The molecule has 1 rings (SSSR count). The van der Waals surface area contributed by atoms with E-state index in [9.17, 15) is 0 Å². The van der Waals surface area contributed by atoms with Gasteiger partial charge in [0.05, 0.1) is 19.4 Å². The van der Waals surface area contributed by atoms with E-state index in [2.05, 4.69) is 18.1 Å². The lowest BCUT2D eigenvalue weighted by molar-refractivity contribution is -0.780. The molecule has 1 aliphatic rings. The van der Waals surface area contributed by atoms with Crippen LogP contribution in [0.2, 0.25) is 0 Å². The monoisotopic (exact) mass is 281 g/mol. The fourth-order valence-corrected chi connectivity index (χ4v) is 2.84. The highest BCUT2D eigenvalue weighted by Gasteiger charge is 2.24. The van der Waals surface area contributed by atoms with Crippen LogP contribution >= 0.6 is 0 Å². The first-order valence-corrected chi connectivity index (χ1v) is 8.52. The van der Waals surface area contributed by atoms with Gasteiger partial charge in [-0.15, -0.1) is 0 Å². The van der Waals surface area contributed by atoms with E-state index >= 15 is 0 Å². The summed E-state index contributed by atoms with van der Waals surface area (Å²) in [6, 6.07) is 0. The van der Waals surface area contributed by atoms with E-state index in [1.54, 1.807) is 0 Å². The smallest absolute Gasteiger partial charge is 0.194 e. The topological polar surface area (TPSA) is 32.6 Å². The number of aliphatic imine (C=N–C) groups is 1. The van der Waals surface area contributed by atoms with Crippen molar-refractivity contribution in [2.24, 2.45) is 4.99 Å². The van der Waals surface area contributed by atoms with Gasteiger partial charge >= 0.3 is 0 Å². The number of rotatable bonds is 13. The molecule has 1 aliphatic heterocycles. The van der Waals surface area contributed by atoms with E-state index in [-0.39, 0.29) is 6.61 Å². The Balaban J connectivity index is 1.94. The van der Waals surface area contributed by atoms with Crippen molar-refractivity contribution in [3.05, 3.63) is 12.4 Å². The standard InChI is InChI=1S/C17H33N2O/c1-2-3-4-5-6-7-8-9-10-11-13-19(15-16-20)14-12-18-17-19/h12,14,17,20H,2-11,13,15-16H2,1H3/q+1. The zero-order valence-corrected chi connectivity index (χ0v) is 13.3. The van der Waals surface area contributed by atoms with Gasteiger partial charge in [-0.3, -0.25) is 4.48 Å². The third-order valence-corrected chi connectivity index (χ3v) is 4.19. The molecule has 0 amide bonds. The number of hydrogen-bond donors (Lipinski definition) is 1. The van der Waals surface area contributed by atoms with E-state index < -0.39 is 0 Å². The number of unbranched alkanes of at least 4 members (excludes halogenated alkanes) is 9. The Morgan fingerprint density at radius 3 is 1.95 bits per heavy atom. The highest BCUT2D eigenvalue weighted by molar-refractivity contribution is 5.50. The van der Waals surface area contributed by atoms with Crippen LogP contribution in [-0.4, -0.2) is 35.6 Å². The summed E-state index contributed by atoms with van der Waals surface area (Å²) in [5.74, 6) is 0. The number of nitrogens with zero attached hydrogens (tertiary/aromatic N) is 2. The predicted molar refractivity (Wildman–Crippen MR) is 86.6 cm³/mol. The average molecular weight is 281 g/mol. The number of aliphatic hydroxyl groups excluding tert-OH is 1. The molecule has 3 heteroatoms. The summed E-state index contributed by atoms with van der Waals surface area (Å²) in [4.78, 5) is 4.17. The first-order chi connectivity index (χ1) is 9.83. The molecule has 0 saturated carbocycles. The number of hydrogen-bond acceptors (Lipinski definition) is 2. The van der Waals surface area contributed by atoms with Crippen molar-refractivity contribution in [2.45, 2.75) is 71.1 Å². The molecule has 1 unspecified atom stereocenters. The minimum atomic E-state index is 0.230. The number of aliphatic hydroxyl groups is 1. The van der Waals surface area contributed by atoms with E-state index in [1.807, 2.05) is 12.5 Å². The molecule has 0 bridgehead atoms. The van der Waals surface area contributed by atoms with Crippen molar-refractivity contribution in [2.75, 3.05) is 19.7 Å². The van der Waals surface area contributed by atoms with Gasteiger partial charge in [0.25, 0.3) is 0 Å². The fourth-order valence-electron chi connectivity index (χ4n) is 2.84. The molecular formula is C17H33N2O+. The third-order valence-electron chi connectivity index (χ3n) is 4.19. The van der Waals surface area contributed by atoms with Gasteiger partial charge in [0.2, 0.25) is 0 Å². The van der Waals surface area contributed by atoms with Crippen molar-refractivity contribution in [1.29, 1.82) is 0 Å². The summed E-state index contributed by atoms with van der Waals surface area (Å²) in [6.45, 7) is 4.34. The summed E-state index contributed by atoms with van der Waals surface area (Å²) in [6.07, 6.45) is 19.6. The van der Waals surface area contributed by atoms with Crippen LogP contribution in [0.4, 0.5) is 0 Å². The van der Waals surface area contributed by atoms with Crippen molar-refractivity contribution in [1.82, 2.24) is 0 Å². The van der Waals surface area contributed by atoms with E-state index in [0.29, 0.717) is 0 Å². The summed E-state index contributed by atoms with van der Waals surface area (Å²) in [5.41, 5.74) is 0.